The molecule has 0 aliphatic carbocycles. The van der Waals surface area contributed by atoms with Gasteiger partial charge in [-0.2, -0.15) is 11.8 Å². The molecule has 74 valence electrons. The van der Waals surface area contributed by atoms with Gasteiger partial charge in [0.15, 0.2) is 0 Å². The van der Waals surface area contributed by atoms with Crippen LogP contribution in [-0.4, -0.2) is 42.1 Å². The van der Waals surface area contributed by atoms with Gasteiger partial charge < -0.3 is 4.90 Å². The molecule has 0 radical (unpaired) electrons. The molecule has 13 heavy (non-hydrogen) atoms. The number of carbonyl (C=O) groups excluding carboxylic acids is 1. The second kappa shape index (κ2) is 3.88. The van der Waals surface area contributed by atoms with Crippen molar-refractivity contribution < 1.29 is 4.79 Å². The van der Waals surface area contributed by atoms with Crippen LogP contribution < -0.4 is 5.32 Å². The maximum atomic E-state index is 11.9. The topological polar surface area (TPSA) is 32.3 Å². The zero-order chi connectivity index (χ0) is 9.26. The number of hydrogen-bond acceptors (Lipinski definition) is 3. The lowest BCUT2D eigenvalue weighted by Crippen LogP contribution is -2.40. The van der Waals surface area contributed by atoms with Gasteiger partial charge in [0.25, 0.3) is 0 Å². The molecule has 0 aromatic heterocycles. The Bertz CT molecular complexity index is 202. The van der Waals surface area contributed by atoms with E-state index in [2.05, 4.69) is 12.2 Å². The van der Waals surface area contributed by atoms with E-state index in [1.807, 2.05) is 16.7 Å². The minimum atomic E-state index is 0.211. The lowest BCUT2D eigenvalue weighted by atomic mass is 9.95. The largest absolute Gasteiger partial charge is 0.329 e. The van der Waals surface area contributed by atoms with Crippen LogP contribution in [0.15, 0.2) is 0 Å². The van der Waals surface area contributed by atoms with E-state index in [0.717, 1.165) is 31.3 Å². The van der Waals surface area contributed by atoms with Crippen LogP contribution in [0, 0.1) is 11.8 Å². The van der Waals surface area contributed by atoms with Crippen LogP contribution in [0.4, 0.5) is 0 Å². The standard InChI is InChI=1S/C9H16N2OS/c1-7-8-4-10-6-11(9(7)12)2-3-13-5-8/h7-8,10H,2-6H2,1H3. The molecule has 2 unspecified atom stereocenters. The van der Waals surface area contributed by atoms with Crippen molar-refractivity contribution in [1.82, 2.24) is 10.2 Å². The molecule has 0 aromatic carbocycles. The molecule has 2 bridgehead atoms. The average Bonchev–Trinajstić information content (AvgIpc) is 2.28. The lowest BCUT2D eigenvalue weighted by molar-refractivity contribution is -0.135. The minimum absolute atomic E-state index is 0.211. The van der Waals surface area contributed by atoms with E-state index in [1.165, 1.54) is 0 Å². The summed E-state index contributed by atoms with van der Waals surface area (Å²) < 4.78 is 0. The Morgan fingerprint density at radius 3 is 3.31 bits per heavy atom. The van der Waals surface area contributed by atoms with Gasteiger partial charge in [-0.25, -0.2) is 0 Å². The molecule has 0 saturated carbocycles. The maximum Gasteiger partial charge on any atom is 0.226 e. The summed E-state index contributed by atoms with van der Waals surface area (Å²) in [6.45, 7) is 4.73. The molecule has 2 rings (SSSR count). The lowest BCUT2D eigenvalue weighted by Gasteiger charge is -2.27. The molecule has 2 aliphatic heterocycles. The summed E-state index contributed by atoms with van der Waals surface area (Å²) in [4.78, 5) is 13.8. The molecule has 0 spiro atoms. The van der Waals surface area contributed by atoms with Crippen LogP contribution in [0.25, 0.3) is 0 Å². The predicted octanol–water partition coefficient (Wildman–Crippen LogP) is 0.375. The van der Waals surface area contributed by atoms with E-state index in [9.17, 15) is 4.79 Å². The van der Waals surface area contributed by atoms with Gasteiger partial charge in [-0.3, -0.25) is 10.1 Å². The summed E-state index contributed by atoms with van der Waals surface area (Å²) in [5.41, 5.74) is 0. The normalized spacial score (nSPS) is 35.5. The quantitative estimate of drug-likeness (QED) is 0.613. The number of carbonyl (C=O) groups is 1. The monoisotopic (exact) mass is 200 g/mol. The van der Waals surface area contributed by atoms with Crippen LogP contribution in [0.2, 0.25) is 0 Å². The first-order valence-corrected chi connectivity index (χ1v) is 6.02. The smallest absolute Gasteiger partial charge is 0.226 e. The van der Waals surface area contributed by atoms with Gasteiger partial charge in [0.05, 0.1) is 6.67 Å². The third kappa shape index (κ3) is 1.83. The van der Waals surface area contributed by atoms with Crippen LogP contribution in [0.1, 0.15) is 6.92 Å². The van der Waals surface area contributed by atoms with Crippen LogP contribution >= 0.6 is 11.8 Å². The highest BCUT2D eigenvalue weighted by Crippen LogP contribution is 2.24. The van der Waals surface area contributed by atoms with Gasteiger partial charge in [0.1, 0.15) is 0 Å². The molecule has 1 amide bonds. The Balaban J connectivity index is 2.18. The fraction of sp³-hybridized carbons (Fsp3) is 0.889. The maximum absolute atomic E-state index is 11.9. The molecule has 2 heterocycles. The van der Waals surface area contributed by atoms with Gasteiger partial charge in [-0.15, -0.1) is 0 Å². The number of rotatable bonds is 0. The summed E-state index contributed by atoms with van der Waals surface area (Å²) in [5.74, 6) is 3.31. The van der Waals surface area contributed by atoms with Crippen molar-refractivity contribution in [2.45, 2.75) is 6.92 Å². The Morgan fingerprint density at radius 2 is 2.46 bits per heavy atom. The molecule has 3 nitrogen and oxygen atoms in total. The van der Waals surface area contributed by atoms with Gasteiger partial charge in [-0.1, -0.05) is 6.92 Å². The van der Waals surface area contributed by atoms with E-state index >= 15 is 0 Å². The van der Waals surface area contributed by atoms with Crippen molar-refractivity contribution in [3.63, 3.8) is 0 Å². The van der Waals surface area contributed by atoms with Crippen LogP contribution in [0.5, 0.6) is 0 Å². The van der Waals surface area contributed by atoms with Gasteiger partial charge in [-0.05, 0) is 11.7 Å². The first-order chi connectivity index (χ1) is 6.29. The highest BCUT2D eigenvalue weighted by Gasteiger charge is 2.32. The summed E-state index contributed by atoms with van der Waals surface area (Å²) in [7, 11) is 0. The van der Waals surface area contributed by atoms with E-state index in [-0.39, 0.29) is 5.92 Å². The third-order valence-corrected chi connectivity index (χ3v) is 4.09. The average molecular weight is 200 g/mol. The fourth-order valence-corrected chi connectivity index (χ4v) is 3.16. The Hall–Kier alpha value is -0.220. The summed E-state index contributed by atoms with van der Waals surface area (Å²) >= 11 is 1.98. The van der Waals surface area contributed by atoms with Crippen LogP contribution in [-0.2, 0) is 4.79 Å². The molecule has 0 aromatic rings. The SMILES string of the molecule is CC1C(=O)N2CCSCC1CNC2. The van der Waals surface area contributed by atoms with E-state index in [0.29, 0.717) is 11.8 Å². The summed E-state index contributed by atoms with van der Waals surface area (Å²) in [5, 5.41) is 3.34. The van der Waals surface area contributed by atoms with Gasteiger partial charge >= 0.3 is 0 Å². The highest BCUT2D eigenvalue weighted by molar-refractivity contribution is 7.99. The molecule has 4 heteroatoms. The van der Waals surface area contributed by atoms with Crippen molar-refractivity contribution >= 4 is 17.7 Å². The number of nitrogens with zero attached hydrogens (tertiary/aromatic N) is 1. The zero-order valence-corrected chi connectivity index (χ0v) is 8.77. The van der Waals surface area contributed by atoms with Gasteiger partial charge in [0, 0.05) is 24.8 Å². The predicted molar refractivity (Wildman–Crippen MR) is 54.6 cm³/mol. The van der Waals surface area contributed by atoms with E-state index in [4.69, 9.17) is 0 Å². The van der Waals surface area contributed by atoms with E-state index < -0.39 is 0 Å². The van der Waals surface area contributed by atoms with Crippen molar-refractivity contribution in [2.24, 2.45) is 11.8 Å². The Kier molecular flexibility index (Phi) is 2.79. The molecule has 2 atom stereocenters. The second-order valence-corrected chi connectivity index (χ2v) is 4.99. The molecular weight excluding hydrogens is 184 g/mol. The summed E-state index contributed by atoms with van der Waals surface area (Å²) in [6.07, 6.45) is 0. The van der Waals surface area contributed by atoms with Gasteiger partial charge in [0.2, 0.25) is 5.91 Å². The fourth-order valence-electron chi connectivity index (χ4n) is 1.93. The Morgan fingerprint density at radius 1 is 1.62 bits per heavy atom. The molecule has 2 aliphatic rings. The van der Waals surface area contributed by atoms with Crippen molar-refractivity contribution in [1.29, 1.82) is 0 Å². The third-order valence-electron chi connectivity index (χ3n) is 2.95. The number of thioether (sulfide) groups is 1. The number of hydrogen-bond donors (Lipinski definition) is 1. The molecule has 2 saturated heterocycles. The van der Waals surface area contributed by atoms with E-state index in [1.54, 1.807) is 0 Å². The number of nitrogens with one attached hydrogen (secondary N) is 1. The van der Waals surface area contributed by atoms with Crippen molar-refractivity contribution in [3.8, 4) is 0 Å². The molecule has 1 N–H and O–H groups in total. The number of fused-ring (bicyclic) bond motifs is 3. The minimum Gasteiger partial charge on any atom is -0.329 e. The first kappa shape index (κ1) is 9.34. The first-order valence-electron chi connectivity index (χ1n) is 4.86. The second-order valence-electron chi connectivity index (χ2n) is 3.84. The zero-order valence-electron chi connectivity index (χ0n) is 7.95. The van der Waals surface area contributed by atoms with Crippen LogP contribution in [0.3, 0.4) is 0 Å². The van der Waals surface area contributed by atoms with Crippen molar-refractivity contribution in [2.75, 3.05) is 31.3 Å². The Labute approximate surface area is 83.2 Å². The summed E-state index contributed by atoms with van der Waals surface area (Å²) in [6, 6.07) is 0. The highest BCUT2D eigenvalue weighted by atomic mass is 32.2. The number of amides is 1. The van der Waals surface area contributed by atoms with Crippen molar-refractivity contribution in [3.05, 3.63) is 0 Å². The molecule has 2 fully saturated rings. The molecular formula is C9H16N2OS.